The lowest BCUT2D eigenvalue weighted by molar-refractivity contribution is -0.143. The van der Waals surface area contributed by atoms with Crippen molar-refractivity contribution < 1.29 is 14.7 Å². The summed E-state index contributed by atoms with van der Waals surface area (Å²) in [6.45, 7) is 2.96. The molecule has 2 rings (SSSR count). The van der Waals surface area contributed by atoms with E-state index in [0.29, 0.717) is 24.4 Å². The van der Waals surface area contributed by atoms with Gasteiger partial charge in [-0.3, -0.25) is 9.59 Å². The summed E-state index contributed by atoms with van der Waals surface area (Å²) in [4.78, 5) is 26.5. The zero-order chi connectivity index (χ0) is 12.4. The number of nitrogens with zero attached hydrogens (tertiary/aromatic N) is 1. The van der Waals surface area contributed by atoms with Gasteiger partial charge in [-0.1, -0.05) is 0 Å². The fourth-order valence-corrected chi connectivity index (χ4v) is 2.90. The molecular weight excluding hydrogens is 238 g/mol. The van der Waals surface area contributed by atoms with E-state index in [1.807, 2.05) is 19.1 Å². The number of likely N-dealkylation sites (tertiary alicyclic amines) is 1. The Morgan fingerprint density at radius 1 is 1.47 bits per heavy atom. The third-order valence-electron chi connectivity index (χ3n) is 3.01. The highest BCUT2D eigenvalue weighted by Gasteiger charge is 2.28. The van der Waals surface area contributed by atoms with Crippen LogP contribution in [0.25, 0.3) is 0 Å². The number of amides is 1. The van der Waals surface area contributed by atoms with Crippen molar-refractivity contribution in [2.75, 3.05) is 13.1 Å². The van der Waals surface area contributed by atoms with Gasteiger partial charge >= 0.3 is 5.97 Å². The molecule has 0 aromatic carbocycles. The Morgan fingerprint density at radius 2 is 2.24 bits per heavy atom. The summed E-state index contributed by atoms with van der Waals surface area (Å²) in [7, 11) is 0. The molecule has 1 N–H and O–H groups in total. The molecule has 0 aliphatic carbocycles. The van der Waals surface area contributed by atoms with Crippen molar-refractivity contribution >= 4 is 23.2 Å². The normalized spacial score (nSPS) is 20.3. The lowest BCUT2D eigenvalue weighted by Crippen LogP contribution is -2.42. The number of carbonyl (C=O) groups is 2. The first kappa shape index (κ1) is 12.1. The number of carboxylic acids is 1. The second kappa shape index (κ2) is 4.87. The van der Waals surface area contributed by atoms with E-state index in [-0.39, 0.29) is 5.91 Å². The maximum absolute atomic E-state index is 12.1. The topological polar surface area (TPSA) is 57.6 Å². The molecule has 1 fully saturated rings. The van der Waals surface area contributed by atoms with Gasteiger partial charge in [-0.25, -0.2) is 0 Å². The Kier molecular flexibility index (Phi) is 3.47. The average molecular weight is 253 g/mol. The maximum Gasteiger partial charge on any atom is 0.308 e. The molecule has 1 amide bonds. The van der Waals surface area contributed by atoms with Gasteiger partial charge in [0.15, 0.2) is 0 Å². The van der Waals surface area contributed by atoms with E-state index in [1.165, 1.54) is 11.3 Å². The zero-order valence-corrected chi connectivity index (χ0v) is 10.5. The first-order valence-corrected chi connectivity index (χ1v) is 6.48. The highest BCUT2D eigenvalue weighted by atomic mass is 32.1. The van der Waals surface area contributed by atoms with E-state index in [1.54, 1.807) is 4.90 Å². The van der Waals surface area contributed by atoms with Crippen molar-refractivity contribution in [1.29, 1.82) is 0 Å². The molecule has 0 radical (unpaired) electrons. The number of carboxylic acid groups (broad SMARTS) is 1. The van der Waals surface area contributed by atoms with Gasteiger partial charge < -0.3 is 10.0 Å². The minimum atomic E-state index is -0.801. The van der Waals surface area contributed by atoms with Gasteiger partial charge in [0.25, 0.3) is 5.91 Å². The smallest absolute Gasteiger partial charge is 0.308 e. The van der Waals surface area contributed by atoms with Gasteiger partial charge in [0.2, 0.25) is 0 Å². The number of piperidine rings is 1. The highest BCUT2D eigenvalue weighted by molar-refractivity contribution is 7.13. The molecule has 92 valence electrons. The Labute approximate surface area is 104 Å². The fraction of sp³-hybridized carbons (Fsp3) is 0.500. The minimum Gasteiger partial charge on any atom is -0.481 e. The van der Waals surface area contributed by atoms with Crippen LogP contribution in [0.4, 0.5) is 0 Å². The van der Waals surface area contributed by atoms with E-state index in [9.17, 15) is 9.59 Å². The molecule has 1 aliphatic rings. The van der Waals surface area contributed by atoms with Gasteiger partial charge in [-0.05, 0) is 31.9 Å². The van der Waals surface area contributed by atoms with Crippen LogP contribution in [0.2, 0.25) is 0 Å². The number of hydrogen-bond donors (Lipinski definition) is 1. The van der Waals surface area contributed by atoms with Gasteiger partial charge in [0.05, 0.1) is 10.8 Å². The summed E-state index contributed by atoms with van der Waals surface area (Å²) < 4.78 is 0. The SMILES string of the molecule is Cc1ccc(C(=O)N2CCC[C@H](C(=O)O)C2)s1. The third kappa shape index (κ3) is 2.66. The van der Waals surface area contributed by atoms with Crippen LogP contribution in [0.3, 0.4) is 0 Å². The van der Waals surface area contributed by atoms with E-state index < -0.39 is 11.9 Å². The van der Waals surface area contributed by atoms with Crippen molar-refractivity contribution in [2.24, 2.45) is 5.92 Å². The number of hydrogen-bond acceptors (Lipinski definition) is 3. The average Bonchev–Trinajstić information content (AvgIpc) is 2.75. The summed E-state index contributed by atoms with van der Waals surface area (Å²) in [6, 6.07) is 3.73. The van der Waals surface area contributed by atoms with Crippen LogP contribution in [-0.4, -0.2) is 35.0 Å². The molecule has 1 atom stereocenters. The van der Waals surface area contributed by atoms with E-state index in [4.69, 9.17) is 5.11 Å². The standard InChI is InChI=1S/C12H15NO3S/c1-8-4-5-10(17-8)11(14)13-6-2-3-9(7-13)12(15)16/h4-5,9H,2-3,6-7H2,1H3,(H,15,16)/t9-/m0/s1. The molecule has 2 heterocycles. The van der Waals surface area contributed by atoms with Crippen molar-refractivity contribution in [3.8, 4) is 0 Å². The molecule has 0 spiro atoms. The molecular formula is C12H15NO3S. The predicted octanol–water partition coefficient (Wildman–Crippen LogP) is 1.99. The lowest BCUT2D eigenvalue weighted by atomic mass is 9.98. The minimum absolute atomic E-state index is 0.0333. The fourth-order valence-electron chi connectivity index (χ4n) is 2.07. The van der Waals surface area contributed by atoms with Crippen molar-refractivity contribution in [1.82, 2.24) is 4.90 Å². The zero-order valence-electron chi connectivity index (χ0n) is 9.68. The number of aliphatic carboxylic acids is 1. The quantitative estimate of drug-likeness (QED) is 0.877. The Morgan fingerprint density at radius 3 is 2.82 bits per heavy atom. The molecule has 0 saturated carbocycles. The molecule has 0 unspecified atom stereocenters. The van der Waals surface area contributed by atoms with Crippen LogP contribution >= 0.6 is 11.3 Å². The molecule has 1 aromatic rings. The summed E-state index contributed by atoms with van der Waals surface area (Å²) in [6.07, 6.45) is 1.44. The third-order valence-corrected chi connectivity index (χ3v) is 4.00. The molecule has 0 bridgehead atoms. The summed E-state index contributed by atoms with van der Waals surface area (Å²) in [5.74, 6) is -1.24. The van der Waals surface area contributed by atoms with Gasteiger partial charge in [0.1, 0.15) is 0 Å². The number of rotatable bonds is 2. The van der Waals surface area contributed by atoms with Crippen LogP contribution in [-0.2, 0) is 4.79 Å². The molecule has 1 aliphatic heterocycles. The van der Waals surface area contributed by atoms with E-state index in [0.717, 1.165) is 11.3 Å². The Bertz CT molecular complexity index is 441. The van der Waals surface area contributed by atoms with Gasteiger partial charge in [-0.15, -0.1) is 11.3 Å². The molecule has 1 aromatic heterocycles. The largest absolute Gasteiger partial charge is 0.481 e. The number of carbonyl (C=O) groups excluding carboxylic acids is 1. The summed E-state index contributed by atoms with van der Waals surface area (Å²) in [5, 5.41) is 8.98. The summed E-state index contributed by atoms with van der Waals surface area (Å²) >= 11 is 1.46. The van der Waals surface area contributed by atoms with Gasteiger partial charge in [-0.2, -0.15) is 0 Å². The first-order chi connectivity index (χ1) is 8.08. The van der Waals surface area contributed by atoms with Crippen LogP contribution in [0.5, 0.6) is 0 Å². The van der Waals surface area contributed by atoms with Crippen molar-refractivity contribution in [2.45, 2.75) is 19.8 Å². The van der Waals surface area contributed by atoms with E-state index in [2.05, 4.69) is 0 Å². The second-order valence-corrected chi connectivity index (χ2v) is 5.63. The Balaban J connectivity index is 2.07. The predicted molar refractivity (Wildman–Crippen MR) is 65.3 cm³/mol. The second-order valence-electron chi connectivity index (χ2n) is 4.34. The maximum atomic E-state index is 12.1. The van der Waals surface area contributed by atoms with Crippen LogP contribution in [0, 0.1) is 12.8 Å². The molecule has 5 heteroatoms. The Hall–Kier alpha value is -1.36. The molecule has 1 saturated heterocycles. The van der Waals surface area contributed by atoms with E-state index >= 15 is 0 Å². The monoisotopic (exact) mass is 253 g/mol. The lowest BCUT2D eigenvalue weighted by Gasteiger charge is -2.30. The highest BCUT2D eigenvalue weighted by Crippen LogP contribution is 2.22. The number of aryl methyl sites for hydroxylation is 1. The van der Waals surface area contributed by atoms with Crippen LogP contribution < -0.4 is 0 Å². The van der Waals surface area contributed by atoms with Crippen LogP contribution in [0.15, 0.2) is 12.1 Å². The molecule has 17 heavy (non-hydrogen) atoms. The number of thiophene rings is 1. The van der Waals surface area contributed by atoms with Crippen molar-refractivity contribution in [3.63, 3.8) is 0 Å². The van der Waals surface area contributed by atoms with Crippen LogP contribution in [0.1, 0.15) is 27.4 Å². The summed E-state index contributed by atoms with van der Waals surface area (Å²) in [5.41, 5.74) is 0. The van der Waals surface area contributed by atoms with Gasteiger partial charge in [0, 0.05) is 18.0 Å². The molecule has 4 nitrogen and oxygen atoms in total. The first-order valence-electron chi connectivity index (χ1n) is 5.66. The van der Waals surface area contributed by atoms with Crippen molar-refractivity contribution in [3.05, 3.63) is 21.9 Å².